The molecule has 0 aromatic heterocycles. The molecule has 16 heavy (non-hydrogen) atoms. The molecule has 5 heteroatoms. The third-order valence-electron chi connectivity index (χ3n) is 2.27. The number of carbonyl (C=O) groups is 1. The van der Waals surface area contributed by atoms with Crippen molar-refractivity contribution in [2.75, 3.05) is 46.9 Å². The number of ether oxygens (including phenoxy) is 1. The average Bonchev–Trinajstić information content (AvgIpc) is 2.26. The van der Waals surface area contributed by atoms with E-state index in [1.54, 1.807) is 7.11 Å². The summed E-state index contributed by atoms with van der Waals surface area (Å²) in [6.45, 7) is 5.96. The van der Waals surface area contributed by atoms with Gasteiger partial charge in [-0.05, 0) is 13.5 Å². The van der Waals surface area contributed by atoms with Crippen LogP contribution in [-0.4, -0.2) is 57.9 Å². The van der Waals surface area contributed by atoms with Crippen molar-refractivity contribution in [3.8, 4) is 0 Å². The van der Waals surface area contributed by atoms with E-state index in [4.69, 9.17) is 4.74 Å². The number of unbranched alkanes of at least 4 members (excludes halogenated alkanes) is 1. The Morgan fingerprint density at radius 3 is 2.56 bits per heavy atom. The second kappa shape index (κ2) is 10.7. The second-order valence-corrected chi connectivity index (χ2v) is 3.83. The summed E-state index contributed by atoms with van der Waals surface area (Å²) in [7, 11) is 3.70. The van der Waals surface area contributed by atoms with E-state index in [0.29, 0.717) is 6.54 Å². The number of likely N-dealkylation sites (N-methyl/N-ethyl adjacent to an activating group) is 1. The molecular formula is C11H25N3O2. The van der Waals surface area contributed by atoms with Crippen molar-refractivity contribution in [3.63, 3.8) is 0 Å². The minimum atomic E-state index is -0.0754. The van der Waals surface area contributed by atoms with E-state index >= 15 is 0 Å². The molecule has 0 fully saturated rings. The quantitative estimate of drug-likeness (QED) is 0.573. The second-order valence-electron chi connectivity index (χ2n) is 3.83. The number of urea groups is 1. The van der Waals surface area contributed by atoms with Crippen molar-refractivity contribution in [2.24, 2.45) is 0 Å². The van der Waals surface area contributed by atoms with E-state index in [2.05, 4.69) is 22.5 Å². The van der Waals surface area contributed by atoms with Crippen LogP contribution in [0.15, 0.2) is 0 Å². The molecule has 2 amide bonds. The zero-order valence-corrected chi connectivity index (χ0v) is 10.7. The Morgan fingerprint density at radius 1 is 1.25 bits per heavy atom. The van der Waals surface area contributed by atoms with E-state index in [1.165, 1.54) is 0 Å². The van der Waals surface area contributed by atoms with Crippen LogP contribution in [0.2, 0.25) is 0 Å². The van der Waals surface area contributed by atoms with Gasteiger partial charge in [-0.15, -0.1) is 0 Å². The molecule has 5 nitrogen and oxygen atoms in total. The van der Waals surface area contributed by atoms with Crippen LogP contribution in [0.4, 0.5) is 4.79 Å². The van der Waals surface area contributed by atoms with E-state index in [1.807, 2.05) is 7.05 Å². The molecular weight excluding hydrogens is 206 g/mol. The lowest BCUT2D eigenvalue weighted by molar-refractivity contribution is 0.161. The molecule has 2 N–H and O–H groups in total. The molecule has 0 bridgehead atoms. The molecule has 0 aliphatic carbocycles. The normalized spacial score (nSPS) is 10.5. The standard InChI is InChI=1S/C11H25N3O2/c1-4-5-6-12-11(15)13-7-8-14(2)9-10-16-3/h4-10H2,1-3H3,(H2,12,13,15). The summed E-state index contributed by atoms with van der Waals surface area (Å²) in [5, 5.41) is 5.62. The fourth-order valence-corrected chi connectivity index (χ4v) is 1.16. The molecule has 0 atom stereocenters. The summed E-state index contributed by atoms with van der Waals surface area (Å²) < 4.78 is 4.96. The number of amides is 2. The van der Waals surface area contributed by atoms with Gasteiger partial charge >= 0.3 is 6.03 Å². The summed E-state index contributed by atoms with van der Waals surface area (Å²) >= 11 is 0. The van der Waals surface area contributed by atoms with Gasteiger partial charge in [-0.2, -0.15) is 0 Å². The van der Waals surface area contributed by atoms with Crippen molar-refractivity contribution in [1.82, 2.24) is 15.5 Å². The highest BCUT2D eigenvalue weighted by molar-refractivity contribution is 5.73. The van der Waals surface area contributed by atoms with E-state index < -0.39 is 0 Å². The Hall–Kier alpha value is -0.810. The molecule has 0 rings (SSSR count). The minimum absolute atomic E-state index is 0.0754. The molecule has 0 radical (unpaired) electrons. The lowest BCUT2D eigenvalue weighted by Crippen LogP contribution is -2.40. The minimum Gasteiger partial charge on any atom is -0.383 e. The smallest absolute Gasteiger partial charge is 0.314 e. The Morgan fingerprint density at radius 2 is 1.94 bits per heavy atom. The van der Waals surface area contributed by atoms with Crippen LogP contribution < -0.4 is 10.6 Å². The largest absolute Gasteiger partial charge is 0.383 e. The highest BCUT2D eigenvalue weighted by atomic mass is 16.5. The first kappa shape index (κ1) is 15.2. The van der Waals surface area contributed by atoms with Gasteiger partial charge in [0.25, 0.3) is 0 Å². The van der Waals surface area contributed by atoms with Crippen LogP contribution >= 0.6 is 0 Å². The van der Waals surface area contributed by atoms with Crippen molar-refractivity contribution in [2.45, 2.75) is 19.8 Å². The molecule has 0 aliphatic rings. The first-order valence-corrected chi connectivity index (χ1v) is 5.89. The summed E-state index contributed by atoms with van der Waals surface area (Å²) in [4.78, 5) is 13.4. The van der Waals surface area contributed by atoms with Gasteiger partial charge in [0.15, 0.2) is 0 Å². The SMILES string of the molecule is CCCCNC(=O)NCCN(C)CCOC. The summed E-state index contributed by atoms with van der Waals surface area (Å²) in [6.07, 6.45) is 2.13. The Kier molecular flexibility index (Phi) is 10.2. The van der Waals surface area contributed by atoms with Crippen LogP contribution in [0, 0.1) is 0 Å². The van der Waals surface area contributed by atoms with E-state index in [9.17, 15) is 4.79 Å². The molecule has 0 aromatic carbocycles. The predicted molar refractivity (Wildman–Crippen MR) is 65.7 cm³/mol. The van der Waals surface area contributed by atoms with Gasteiger partial charge in [0, 0.05) is 33.3 Å². The van der Waals surface area contributed by atoms with Gasteiger partial charge in [0.1, 0.15) is 0 Å². The van der Waals surface area contributed by atoms with Gasteiger partial charge < -0.3 is 20.3 Å². The Labute approximate surface area is 98.5 Å². The molecule has 0 saturated carbocycles. The van der Waals surface area contributed by atoms with Crippen molar-refractivity contribution in [3.05, 3.63) is 0 Å². The number of hydrogen-bond acceptors (Lipinski definition) is 3. The van der Waals surface area contributed by atoms with Gasteiger partial charge in [-0.25, -0.2) is 4.79 Å². The summed E-state index contributed by atoms with van der Waals surface area (Å²) in [6, 6.07) is -0.0754. The number of rotatable bonds is 9. The van der Waals surface area contributed by atoms with E-state index in [-0.39, 0.29) is 6.03 Å². The maximum atomic E-state index is 11.2. The number of carbonyl (C=O) groups excluding carboxylic acids is 1. The van der Waals surface area contributed by atoms with E-state index in [0.717, 1.165) is 39.1 Å². The van der Waals surface area contributed by atoms with Gasteiger partial charge in [-0.3, -0.25) is 0 Å². The van der Waals surface area contributed by atoms with Gasteiger partial charge in [0.05, 0.1) is 6.61 Å². The van der Waals surface area contributed by atoms with Crippen LogP contribution in [-0.2, 0) is 4.74 Å². The summed E-state index contributed by atoms with van der Waals surface area (Å²) in [5.41, 5.74) is 0. The maximum Gasteiger partial charge on any atom is 0.314 e. The zero-order valence-electron chi connectivity index (χ0n) is 10.7. The first-order chi connectivity index (χ1) is 7.70. The molecule has 0 heterocycles. The fraction of sp³-hybridized carbons (Fsp3) is 0.909. The van der Waals surface area contributed by atoms with Gasteiger partial charge in [0.2, 0.25) is 0 Å². The highest BCUT2D eigenvalue weighted by Crippen LogP contribution is 1.83. The monoisotopic (exact) mass is 231 g/mol. The maximum absolute atomic E-state index is 11.2. The van der Waals surface area contributed by atoms with Crippen LogP contribution in [0.1, 0.15) is 19.8 Å². The molecule has 96 valence electrons. The highest BCUT2D eigenvalue weighted by Gasteiger charge is 2.00. The van der Waals surface area contributed by atoms with Crippen LogP contribution in [0.25, 0.3) is 0 Å². The lowest BCUT2D eigenvalue weighted by atomic mass is 10.3. The fourth-order valence-electron chi connectivity index (χ4n) is 1.16. The molecule has 0 aliphatic heterocycles. The van der Waals surface area contributed by atoms with Crippen molar-refractivity contribution in [1.29, 1.82) is 0 Å². The number of methoxy groups -OCH3 is 1. The third-order valence-corrected chi connectivity index (χ3v) is 2.27. The summed E-state index contributed by atoms with van der Waals surface area (Å²) in [5.74, 6) is 0. The van der Waals surface area contributed by atoms with Gasteiger partial charge in [-0.1, -0.05) is 13.3 Å². The average molecular weight is 231 g/mol. The Bertz CT molecular complexity index is 177. The molecule has 0 aromatic rings. The molecule has 0 saturated heterocycles. The zero-order chi connectivity index (χ0) is 12.2. The first-order valence-electron chi connectivity index (χ1n) is 5.89. The number of nitrogens with zero attached hydrogens (tertiary/aromatic N) is 1. The van der Waals surface area contributed by atoms with Crippen molar-refractivity contribution < 1.29 is 9.53 Å². The molecule has 0 unspecified atom stereocenters. The molecule has 0 spiro atoms. The topological polar surface area (TPSA) is 53.6 Å². The third kappa shape index (κ3) is 9.73. The van der Waals surface area contributed by atoms with Crippen LogP contribution in [0.5, 0.6) is 0 Å². The Balaban J connectivity index is 3.32. The van der Waals surface area contributed by atoms with Crippen LogP contribution in [0.3, 0.4) is 0 Å². The number of hydrogen-bond donors (Lipinski definition) is 2. The lowest BCUT2D eigenvalue weighted by Gasteiger charge is -2.16. The van der Waals surface area contributed by atoms with Crippen molar-refractivity contribution >= 4 is 6.03 Å². The number of nitrogens with one attached hydrogen (secondary N) is 2. The predicted octanol–water partition coefficient (Wildman–Crippen LogP) is 0.664.